The topological polar surface area (TPSA) is 104 Å². The molecular formula is C10H15N3O4. The number of hydrogen-bond acceptors (Lipinski definition) is 4. The van der Waals surface area contributed by atoms with E-state index >= 15 is 0 Å². The summed E-state index contributed by atoms with van der Waals surface area (Å²) >= 11 is 0. The molecule has 0 bridgehead atoms. The molecule has 0 aliphatic heterocycles. The Morgan fingerprint density at radius 1 is 1.53 bits per heavy atom. The predicted molar refractivity (Wildman–Crippen MR) is 58.2 cm³/mol. The van der Waals surface area contributed by atoms with Crippen LogP contribution >= 0.6 is 0 Å². The summed E-state index contributed by atoms with van der Waals surface area (Å²) < 4.78 is 1.42. The van der Waals surface area contributed by atoms with Gasteiger partial charge in [0.1, 0.15) is 12.1 Å². The summed E-state index contributed by atoms with van der Waals surface area (Å²) in [7, 11) is 0. The number of nitrogens with one attached hydrogen (secondary N) is 1. The van der Waals surface area contributed by atoms with Gasteiger partial charge in [-0.15, -0.1) is 0 Å². The number of aliphatic carboxylic acids is 1. The second-order valence-corrected chi connectivity index (χ2v) is 3.57. The number of aromatic nitrogens is 2. The van der Waals surface area contributed by atoms with Gasteiger partial charge in [-0.05, 0) is 13.0 Å². The number of carbonyl (C=O) groups is 2. The Labute approximate surface area is 98.1 Å². The van der Waals surface area contributed by atoms with E-state index in [9.17, 15) is 9.59 Å². The number of nitrogens with zero attached hydrogens (tertiary/aromatic N) is 2. The van der Waals surface area contributed by atoms with Crippen molar-refractivity contribution in [2.75, 3.05) is 6.61 Å². The van der Waals surface area contributed by atoms with Crippen LogP contribution in [0.25, 0.3) is 0 Å². The van der Waals surface area contributed by atoms with E-state index in [4.69, 9.17) is 10.2 Å². The number of carboxylic acids is 1. The van der Waals surface area contributed by atoms with Gasteiger partial charge in [-0.2, -0.15) is 5.10 Å². The van der Waals surface area contributed by atoms with Crippen molar-refractivity contribution in [2.24, 2.45) is 0 Å². The highest BCUT2D eigenvalue weighted by Crippen LogP contribution is 2.04. The first-order chi connectivity index (χ1) is 8.06. The van der Waals surface area contributed by atoms with Gasteiger partial charge in [0.25, 0.3) is 0 Å². The maximum atomic E-state index is 11.7. The van der Waals surface area contributed by atoms with Crippen LogP contribution in [0.15, 0.2) is 18.5 Å². The number of aliphatic hydroxyl groups excluding tert-OH is 1. The average molecular weight is 241 g/mol. The Balaban J connectivity index is 2.61. The molecule has 1 aromatic rings. The molecule has 1 heterocycles. The van der Waals surface area contributed by atoms with E-state index in [1.165, 1.54) is 10.9 Å². The molecule has 1 amide bonds. The van der Waals surface area contributed by atoms with Gasteiger partial charge in [0.2, 0.25) is 5.91 Å². The molecule has 0 saturated carbocycles. The minimum atomic E-state index is -1.17. The SMILES string of the molecule is CC(C(=O)NC(CCO)C(=O)O)n1cccn1. The Morgan fingerprint density at radius 3 is 2.71 bits per heavy atom. The van der Waals surface area contributed by atoms with Crippen LogP contribution in [-0.2, 0) is 9.59 Å². The van der Waals surface area contributed by atoms with E-state index in [-0.39, 0.29) is 13.0 Å². The first-order valence-corrected chi connectivity index (χ1v) is 5.19. The maximum absolute atomic E-state index is 11.7. The highest BCUT2D eigenvalue weighted by Gasteiger charge is 2.23. The zero-order chi connectivity index (χ0) is 12.8. The van der Waals surface area contributed by atoms with Crippen LogP contribution in [0.5, 0.6) is 0 Å². The van der Waals surface area contributed by atoms with Crippen LogP contribution in [0.3, 0.4) is 0 Å². The Bertz CT molecular complexity index is 377. The van der Waals surface area contributed by atoms with E-state index in [0.717, 1.165) is 0 Å². The van der Waals surface area contributed by atoms with Crippen molar-refractivity contribution in [2.45, 2.75) is 25.4 Å². The summed E-state index contributed by atoms with van der Waals surface area (Å²) in [6.07, 6.45) is 3.13. The monoisotopic (exact) mass is 241 g/mol. The lowest BCUT2D eigenvalue weighted by molar-refractivity contribution is -0.142. The summed E-state index contributed by atoms with van der Waals surface area (Å²) in [4.78, 5) is 22.5. The molecule has 2 atom stereocenters. The highest BCUT2D eigenvalue weighted by atomic mass is 16.4. The Kier molecular flexibility index (Phi) is 4.65. The lowest BCUT2D eigenvalue weighted by Gasteiger charge is -2.17. The molecule has 0 radical (unpaired) electrons. The van der Waals surface area contributed by atoms with E-state index in [1.54, 1.807) is 19.2 Å². The zero-order valence-electron chi connectivity index (χ0n) is 9.41. The molecule has 1 aromatic heterocycles. The number of amides is 1. The van der Waals surface area contributed by atoms with Crippen molar-refractivity contribution >= 4 is 11.9 Å². The average Bonchev–Trinajstić information content (AvgIpc) is 2.80. The number of aliphatic hydroxyl groups is 1. The molecule has 7 heteroatoms. The molecule has 0 aliphatic rings. The van der Waals surface area contributed by atoms with Gasteiger partial charge in [-0.25, -0.2) is 4.79 Å². The lowest BCUT2D eigenvalue weighted by atomic mass is 10.2. The first-order valence-electron chi connectivity index (χ1n) is 5.19. The molecule has 0 fully saturated rings. The van der Waals surface area contributed by atoms with E-state index in [0.29, 0.717) is 0 Å². The minimum absolute atomic E-state index is 0.0209. The number of rotatable bonds is 6. The van der Waals surface area contributed by atoms with Crippen molar-refractivity contribution < 1.29 is 19.8 Å². The number of carbonyl (C=O) groups excluding carboxylic acids is 1. The van der Waals surface area contributed by atoms with Gasteiger partial charge in [-0.1, -0.05) is 0 Å². The van der Waals surface area contributed by atoms with Crippen LogP contribution < -0.4 is 5.32 Å². The smallest absolute Gasteiger partial charge is 0.326 e. The fourth-order valence-corrected chi connectivity index (χ4v) is 1.31. The Hall–Kier alpha value is -1.89. The van der Waals surface area contributed by atoms with Crippen molar-refractivity contribution in [3.8, 4) is 0 Å². The van der Waals surface area contributed by atoms with Crippen LogP contribution in [0, 0.1) is 0 Å². The predicted octanol–water partition coefficient (Wildman–Crippen LogP) is -0.604. The lowest BCUT2D eigenvalue weighted by Crippen LogP contribution is -2.44. The molecular weight excluding hydrogens is 226 g/mol. The molecule has 3 N–H and O–H groups in total. The van der Waals surface area contributed by atoms with Crippen molar-refractivity contribution in [1.82, 2.24) is 15.1 Å². The standard InChI is InChI=1S/C10H15N3O4/c1-7(13-5-2-4-11-13)9(15)12-8(3-6-14)10(16)17/h2,4-5,7-8,14H,3,6H2,1H3,(H,12,15)(H,16,17). The van der Waals surface area contributed by atoms with Gasteiger partial charge in [0.15, 0.2) is 0 Å². The molecule has 7 nitrogen and oxygen atoms in total. The third-order valence-electron chi connectivity index (χ3n) is 2.33. The molecule has 2 unspecified atom stereocenters. The van der Waals surface area contributed by atoms with Gasteiger partial charge in [0.05, 0.1) is 0 Å². The summed E-state index contributed by atoms with van der Waals surface area (Å²) in [5.74, 6) is -1.62. The van der Waals surface area contributed by atoms with Gasteiger partial charge in [-0.3, -0.25) is 9.48 Å². The fourth-order valence-electron chi connectivity index (χ4n) is 1.31. The summed E-state index contributed by atoms with van der Waals surface area (Å²) in [6, 6.07) is 0.00248. The molecule has 0 spiro atoms. The first kappa shape index (κ1) is 13.2. The van der Waals surface area contributed by atoms with Gasteiger partial charge < -0.3 is 15.5 Å². The Morgan fingerprint density at radius 2 is 2.24 bits per heavy atom. The quantitative estimate of drug-likeness (QED) is 0.616. The number of carboxylic acid groups (broad SMARTS) is 1. The van der Waals surface area contributed by atoms with E-state index in [2.05, 4.69) is 10.4 Å². The van der Waals surface area contributed by atoms with Crippen LogP contribution in [-0.4, -0.2) is 44.5 Å². The van der Waals surface area contributed by atoms with Crippen molar-refractivity contribution in [1.29, 1.82) is 0 Å². The minimum Gasteiger partial charge on any atom is -0.480 e. The van der Waals surface area contributed by atoms with Crippen molar-refractivity contribution in [3.63, 3.8) is 0 Å². The molecule has 0 aliphatic carbocycles. The van der Waals surface area contributed by atoms with Crippen LogP contribution in [0.1, 0.15) is 19.4 Å². The number of hydrogen-bond donors (Lipinski definition) is 3. The second-order valence-electron chi connectivity index (χ2n) is 3.57. The fraction of sp³-hybridized carbons (Fsp3) is 0.500. The molecule has 94 valence electrons. The molecule has 1 rings (SSSR count). The molecule has 17 heavy (non-hydrogen) atoms. The van der Waals surface area contributed by atoms with E-state index < -0.39 is 24.0 Å². The summed E-state index contributed by atoms with van der Waals surface area (Å²) in [5, 5.41) is 23.7. The van der Waals surface area contributed by atoms with Crippen LogP contribution in [0.4, 0.5) is 0 Å². The molecule has 0 aromatic carbocycles. The van der Waals surface area contributed by atoms with Crippen LogP contribution in [0.2, 0.25) is 0 Å². The third-order valence-corrected chi connectivity index (χ3v) is 2.33. The normalized spacial score (nSPS) is 14.0. The second kappa shape index (κ2) is 6.00. The van der Waals surface area contributed by atoms with Crippen molar-refractivity contribution in [3.05, 3.63) is 18.5 Å². The molecule has 0 saturated heterocycles. The largest absolute Gasteiger partial charge is 0.480 e. The van der Waals surface area contributed by atoms with E-state index in [1.807, 2.05) is 0 Å². The van der Waals surface area contributed by atoms with Gasteiger partial charge >= 0.3 is 5.97 Å². The zero-order valence-corrected chi connectivity index (χ0v) is 9.41. The van der Waals surface area contributed by atoms with Gasteiger partial charge in [0, 0.05) is 25.4 Å². The summed E-state index contributed by atoms with van der Waals surface area (Å²) in [5.41, 5.74) is 0. The third kappa shape index (κ3) is 3.56. The highest BCUT2D eigenvalue weighted by molar-refractivity contribution is 5.85. The summed E-state index contributed by atoms with van der Waals surface area (Å²) in [6.45, 7) is 1.31. The maximum Gasteiger partial charge on any atom is 0.326 e.